The van der Waals surface area contributed by atoms with Gasteiger partial charge in [-0.3, -0.25) is 0 Å². The van der Waals surface area contributed by atoms with E-state index in [0.717, 1.165) is 16.6 Å². The molecule has 0 fully saturated rings. The molecule has 3 rings (SSSR count). The number of ether oxygens (including phenoxy) is 1. The largest absolute Gasteiger partial charge is 0.465 e. The van der Waals surface area contributed by atoms with Gasteiger partial charge >= 0.3 is 0 Å². The summed E-state index contributed by atoms with van der Waals surface area (Å²) < 4.78 is 7.11. The Balaban J connectivity index is 1.77. The second-order valence-corrected chi connectivity index (χ2v) is 4.38. The lowest BCUT2D eigenvalue weighted by Crippen LogP contribution is -2.14. The summed E-state index contributed by atoms with van der Waals surface area (Å²) in [6, 6.07) is 17.5. The van der Waals surface area contributed by atoms with Crippen molar-refractivity contribution in [2.75, 3.05) is 0 Å². The molecule has 0 radical (unpaired) electrons. The van der Waals surface area contributed by atoms with Crippen LogP contribution in [0.1, 0.15) is 5.56 Å². The molecule has 0 amide bonds. The first-order valence-electron chi connectivity index (χ1n) is 5.86. The Bertz CT molecular complexity index is 709. The molecule has 0 N–H and O–H groups in total. The lowest BCUT2D eigenvalue weighted by Gasteiger charge is -2.07. The molecule has 1 heterocycles. The standard InChI is InChI=1S/C14H11N3OS/c19-14(18-10-11-6-2-1-3-7-11)17-13-9-5-4-8-12(13)15-16-17/h1-9H,10H2. The van der Waals surface area contributed by atoms with Gasteiger partial charge in [0.05, 0.1) is 5.52 Å². The predicted octanol–water partition coefficient (Wildman–Crippen LogP) is 2.78. The summed E-state index contributed by atoms with van der Waals surface area (Å²) in [6.45, 7) is 0.424. The highest BCUT2D eigenvalue weighted by Gasteiger charge is 2.09. The van der Waals surface area contributed by atoms with Crippen molar-refractivity contribution in [1.82, 2.24) is 15.0 Å². The van der Waals surface area contributed by atoms with Crippen LogP contribution in [0.3, 0.4) is 0 Å². The molecule has 1 aromatic heterocycles. The van der Waals surface area contributed by atoms with Gasteiger partial charge in [-0.2, -0.15) is 4.68 Å². The lowest BCUT2D eigenvalue weighted by molar-refractivity contribution is 0.285. The van der Waals surface area contributed by atoms with E-state index in [9.17, 15) is 0 Å². The van der Waals surface area contributed by atoms with Gasteiger partial charge < -0.3 is 4.74 Å². The van der Waals surface area contributed by atoms with Crippen LogP contribution in [0.2, 0.25) is 0 Å². The van der Waals surface area contributed by atoms with Crippen molar-refractivity contribution in [3.8, 4) is 0 Å². The van der Waals surface area contributed by atoms with Gasteiger partial charge in [0.15, 0.2) is 0 Å². The van der Waals surface area contributed by atoms with Gasteiger partial charge in [0.25, 0.3) is 5.17 Å². The smallest absolute Gasteiger partial charge is 0.286 e. The summed E-state index contributed by atoms with van der Waals surface area (Å²) in [5.41, 5.74) is 2.71. The molecule has 0 bridgehead atoms. The Hall–Kier alpha value is -2.27. The van der Waals surface area contributed by atoms with Crippen LogP contribution in [0.4, 0.5) is 0 Å². The molecule has 0 aliphatic heterocycles. The SMILES string of the molecule is S=C(OCc1ccccc1)n1nnc2ccccc21. The number of nitrogens with zero attached hydrogens (tertiary/aromatic N) is 3. The summed E-state index contributed by atoms with van der Waals surface area (Å²) in [7, 11) is 0. The van der Waals surface area contributed by atoms with Crippen molar-refractivity contribution in [1.29, 1.82) is 0 Å². The third-order valence-electron chi connectivity index (χ3n) is 2.73. The number of benzene rings is 2. The van der Waals surface area contributed by atoms with Gasteiger partial charge in [-0.25, -0.2) is 0 Å². The molecule has 0 saturated carbocycles. The molecule has 0 saturated heterocycles. The van der Waals surface area contributed by atoms with Crippen molar-refractivity contribution < 1.29 is 4.74 Å². The second-order valence-electron chi connectivity index (χ2n) is 4.03. The number of thiocarbonyl (C=S) groups is 1. The van der Waals surface area contributed by atoms with Crippen LogP contribution in [0.15, 0.2) is 54.6 Å². The van der Waals surface area contributed by atoms with Crippen LogP contribution in [-0.2, 0) is 11.3 Å². The Labute approximate surface area is 115 Å². The van der Waals surface area contributed by atoms with Gasteiger partial charge in [-0.05, 0) is 29.9 Å². The van der Waals surface area contributed by atoms with E-state index in [-0.39, 0.29) is 0 Å². The number of hydrogen-bond acceptors (Lipinski definition) is 4. The fourth-order valence-electron chi connectivity index (χ4n) is 1.78. The van der Waals surface area contributed by atoms with Crippen LogP contribution >= 0.6 is 12.2 Å². The normalized spacial score (nSPS) is 10.5. The summed E-state index contributed by atoms with van der Waals surface area (Å²) >= 11 is 5.24. The first-order valence-corrected chi connectivity index (χ1v) is 6.27. The zero-order chi connectivity index (χ0) is 13.1. The van der Waals surface area contributed by atoms with E-state index in [2.05, 4.69) is 10.3 Å². The van der Waals surface area contributed by atoms with Crippen molar-refractivity contribution in [2.45, 2.75) is 6.61 Å². The van der Waals surface area contributed by atoms with E-state index in [0.29, 0.717) is 11.8 Å². The minimum Gasteiger partial charge on any atom is -0.465 e. The van der Waals surface area contributed by atoms with Crippen molar-refractivity contribution in [3.05, 3.63) is 60.2 Å². The quantitative estimate of drug-likeness (QED) is 0.671. The number of aromatic nitrogens is 3. The molecule has 0 aliphatic carbocycles. The second kappa shape index (κ2) is 5.16. The third kappa shape index (κ3) is 2.46. The first-order chi connectivity index (χ1) is 9.34. The Morgan fingerprint density at radius 1 is 1.05 bits per heavy atom. The highest BCUT2D eigenvalue weighted by molar-refractivity contribution is 7.80. The van der Waals surface area contributed by atoms with E-state index in [1.54, 1.807) is 0 Å². The molecule has 4 nitrogen and oxygen atoms in total. The minimum absolute atomic E-state index is 0.303. The topological polar surface area (TPSA) is 39.9 Å². The summed E-state index contributed by atoms with van der Waals surface area (Å²) in [6.07, 6.45) is 0. The van der Waals surface area contributed by atoms with E-state index < -0.39 is 0 Å². The molecule has 2 aromatic carbocycles. The van der Waals surface area contributed by atoms with Gasteiger partial charge in [0.2, 0.25) is 0 Å². The van der Waals surface area contributed by atoms with Crippen molar-refractivity contribution >= 4 is 28.4 Å². The Kier molecular flexibility index (Phi) is 3.20. The summed E-state index contributed by atoms with van der Waals surface area (Å²) in [5.74, 6) is 0. The van der Waals surface area contributed by atoms with E-state index in [4.69, 9.17) is 17.0 Å². The summed E-state index contributed by atoms with van der Waals surface area (Å²) in [4.78, 5) is 0. The third-order valence-corrected chi connectivity index (χ3v) is 3.02. The molecule has 0 atom stereocenters. The maximum absolute atomic E-state index is 5.57. The van der Waals surface area contributed by atoms with Gasteiger partial charge in [-0.15, -0.1) is 5.10 Å². The zero-order valence-electron chi connectivity index (χ0n) is 10.1. The number of hydrogen-bond donors (Lipinski definition) is 0. The molecule has 0 aliphatic rings. The predicted molar refractivity (Wildman–Crippen MR) is 76.8 cm³/mol. The Morgan fingerprint density at radius 2 is 1.79 bits per heavy atom. The van der Waals surface area contributed by atoms with Crippen LogP contribution in [0.25, 0.3) is 11.0 Å². The number of fused-ring (bicyclic) bond motifs is 1. The molecule has 3 aromatic rings. The fourth-order valence-corrected chi connectivity index (χ4v) is 1.98. The molecule has 0 unspecified atom stereocenters. The maximum Gasteiger partial charge on any atom is 0.286 e. The van der Waals surface area contributed by atoms with Gasteiger partial charge in [0.1, 0.15) is 12.1 Å². The number of para-hydroxylation sites is 1. The number of rotatable bonds is 2. The lowest BCUT2D eigenvalue weighted by atomic mass is 10.2. The maximum atomic E-state index is 5.57. The average molecular weight is 269 g/mol. The average Bonchev–Trinajstić information content (AvgIpc) is 2.90. The zero-order valence-corrected chi connectivity index (χ0v) is 10.9. The molecular weight excluding hydrogens is 258 g/mol. The molecular formula is C14H11N3OS. The molecule has 0 spiro atoms. The van der Waals surface area contributed by atoms with Gasteiger partial charge in [-0.1, -0.05) is 47.7 Å². The van der Waals surface area contributed by atoms with Crippen molar-refractivity contribution in [3.63, 3.8) is 0 Å². The minimum atomic E-state index is 0.303. The van der Waals surface area contributed by atoms with Gasteiger partial charge in [0, 0.05) is 0 Å². The molecule has 94 valence electrons. The molecule has 5 heteroatoms. The summed E-state index contributed by atoms with van der Waals surface area (Å²) in [5, 5.41) is 8.35. The van der Waals surface area contributed by atoms with Crippen LogP contribution < -0.4 is 0 Å². The van der Waals surface area contributed by atoms with E-state index >= 15 is 0 Å². The van der Waals surface area contributed by atoms with Crippen LogP contribution in [0, 0.1) is 0 Å². The monoisotopic (exact) mass is 269 g/mol. The fraction of sp³-hybridized carbons (Fsp3) is 0.0714. The van der Waals surface area contributed by atoms with Crippen molar-refractivity contribution in [2.24, 2.45) is 0 Å². The first kappa shape index (κ1) is 11.8. The highest BCUT2D eigenvalue weighted by Crippen LogP contribution is 2.11. The highest BCUT2D eigenvalue weighted by atomic mass is 32.1. The Morgan fingerprint density at radius 3 is 2.63 bits per heavy atom. The van der Waals surface area contributed by atoms with E-state index in [1.165, 1.54) is 4.68 Å². The van der Waals surface area contributed by atoms with Crippen LogP contribution in [-0.4, -0.2) is 20.2 Å². The van der Waals surface area contributed by atoms with Crippen LogP contribution in [0.5, 0.6) is 0 Å². The van der Waals surface area contributed by atoms with E-state index in [1.807, 2.05) is 54.6 Å². The molecule has 19 heavy (non-hydrogen) atoms.